The van der Waals surface area contributed by atoms with Crippen LogP contribution >= 0.6 is 12.2 Å². The van der Waals surface area contributed by atoms with Gasteiger partial charge in [-0.25, -0.2) is 0 Å². The third kappa shape index (κ3) is 2.71. The Morgan fingerprint density at radius 1 is 1.11 bits per heavy atom. The highest BCUT2D eigenvalue weighted by Crippen LogP contribution is 2.44. The molecule has 1 aromatic carbocycles. The van der Waals surface area contributed by atoms with Gasteiger partial charge in [0, 0.05) is 29.3 Å². The molecule has 0 radical (unpaired) electrons. The number of hydrogen-bond donors (Lipinski definition) is 2. The molecule has 2 aliphatic rings. The summed E-state index contributed by atoms with van der Waals surface area (Å²) in [5.41, 5.74) is 4.08. The molecule has 1 fully saturated rings. The molecule has 0 unspecified atom stereocenters. The van der Waals surface area contributed by atoms with Crippen molar-refractivity contribution in [3.63, 3.8) is 0 Å². The van der Waals surface area contributed by atoms with Crippen molar-refractivity contribution in [1.29, 1.82) is 0 Å². The third-order valence-electron chi connectivity index (χ3n) is 4.91. The molecule has 4 heterocycles. The Balaban J connectivity index is 1.61. The molecule has 2 N–H and O–H groups in total. The number of aromatic amines is 1. The number of ether oxygens (including phenoxy) is 2. The van der Waals surface area contributed by atoms with Crippen molar-refractivity contribution in [3.8, 4) is 11.5 Å². The average Bonchev–Trinajstić information content (AvgIpc) is 3.39. The highest BCUT2D eigenvalue weighted by molar-refractivity contribution is 7.80. The zero-order chi connectivity index (χ0) is 18.4. The number of thiocarbonyl (C=S) groups is 1. The topological polar surface area (TPSA) is 62.4 Å². The fourth-order valence-electron chi connectivity index (χ4n) is 3.68. The minimum atomic E-state index is -0.0674. The third-order valence-corrected chi connectivity index (χ3v) is 5.22. The Kier molecular flexibility index (Phi) is 3.75. The predicted octanol–water partition coefficient (Wildman–Crippen LogP) is 3.62. The number of fused-ring (bicyclic) bond motifs is 1. The average molecular weight is 378 g/mol. The number of hydrogen-bond acceptors (Lipinski definition) is 4. The quantitative estimate of drug-likeness (QED) is 0.679. The summed E-state index contributed by atoms with van der Waals surface area (Å²) in [6, 6.07) is 15.9. The standard InChI is InChI=1S/C20H18N4O2S/c1-12-5-7-15(22-12)19-18(14-4-2-3-9-21-14)23-20(27)24(19)13-6-8-16-17(10-13)26-11-25-16/h2-10,18-19,22H,11H2,1H3,(H,23,27)/t18-,19+/m1/s1. The first kappa shape index (κ1) is 16.1. The number of nitrogens with zero attached hydrogens (tertiary/aromatic N) is 2. The molecule has 0 aliphatic carbocycles. The van der Waals surface area contributed by atoms with Crippen LogP contribution < -0.4 is 19.7 Å². The van der Waals surface area contributed by atoms with E-state index in [1.54, 1.807) is 6.20 Å². The second-order valence-corrected chi connectivity index (χ2v) is 7.02. The number of aromatic nitrogens is 2. The van der Waals surface area contributed by atoms with Crippen LogP contribution in [0.1, 0.15) is 29.2 Å². The van der Waals surface area contributed by atoms with Crippen molar-refractivity contribution in [2.24, 2.45) is 0 Å². The Hall–Kier alpha value is -3.06. The Bertz CT molecular complexity index is 1000. The van der Waals surface area contributed by atoms with Crippen molar-refractivity contribution < 1.29 is 9.47 Å². The lowest BCUT2D eigenvalue weighted by molar-refractivity contribution is 0.174. The van der Waals surface area contributed by atoms with Gasteiger partial charge in [0.1, 0.15) is 6.04 Å². The molecule has 0 spiro atoms. The molecule has 1 saturated heterocycles. The van der Waals surface area contributed by atoms with Crippen molar-refractivity contribution in [3.05, 3.63) is 71.8 Å². The molecule has 6 nitrogen and oxygen atoms in total. The van der Waals surface area contributed by atoms with E-state index in [1.165, 1.54) is 0 Å². The smallest absolute Gasteiger partial charge is 0.231 e. The van der Waals surface area contributed by atoms with Gasteiger partial charge in [0.25, 0.3) is 0 Å². The van der Waals surface area contributed by atoms with Crippen LogP contribution in [0.5, 0.6) is 11.5 Å². The normalized spacial score (nSPS) is 20.8. The van der Waals surface area contributed by atoms with Crippen molar-refractivity contribution in [1.82, 2.24) is 15.3 Å². The van der Waals surface area contributed by atoms with Gasteiger partial charge in [-0.3, -0.25) is 4.98 Å². The van der Waals surface area contributed by atoms with E-state index in [4.69, 9.17) is 21.7 Å². The van der Waals surface area contributed by atoms with Gasteiger partial charge in [-0.2, -0.15) is 0 Å². The molecule has 2 atom stereocenters. The molecule has 0 amide bonds. The molecular formula is C20H18N4O2S. The lowest BCUT2D eigenvalue weighted by Gasteiger charge is -2.27. The van der Waals surface area contributed by atoms with Crippen molar-refractivity contribution in [2.75, 3.05) is 11.7 Å². The van der Waals surface area contributed by atoms with Crippen LogP contribution in [-0.2, 0) is 0 Å². The van der Waals surface area contributed by atoms with Crippen LogP contribution in [0.25, 0.3) is 0 Å². The van der Waals surface area contributed by atoms with E-state index in [-0.39, 0.29) is 18.9 Å². The second-order valence-electron chi connectivity index (χ2n) is 6.63. The summed E-state index contributed by atoms with van der Waals surface area (Å²) in [6.07, 6.45) is 1.81. The number of H-pyrrole nitrogens is 1. The maximum Gasteiger partial charge on any atom is 0.231 e. The van der Waals surface area contributed by atoms with Crippen LogP contribution in [0.2, 0.25) is 0 Å². The molecule has 7 heteroatoms. The highest BCUT2D eigenvalue weighted by Gasteiger charge is 2.41. The van der Waals surface area contributed by atoms with Gasteiger partial charge in [0.15, 0.2) is 16.6 Å². The lowest BCUT2D eigenvalue weighted by Crippen LogP contribution is -2.29. The van der Waals surface area contributed by atoms with Gasteiger partial charge >= 0.3 is 0 Å². The van der Waals surface area contributed by atoms with Crippen LogP contribution in [0.4, 0.5) is 5.69 Å². The van der Waals surface area contributed by atoms with Gasteiger partial charge in [-0.05, 0) is 55.5 Å². The summed E-state index contributed by atoms with van der Waals surface area (Å²) in [4.78, 5) is 10.1. The maximum atomic E-state index is 5.71. The van der Waals surface area contributed by atoms with E-state index >= 15 is 0 Å². The number of anilines is 1. The minimum absolute atomic E-state index is 0.0542. The molecule has 27 heavy (non-hydrogen) atoms. The van der Waals surface area contributed by atoms with E-state index in [0.29, 0.717) is 5.11 Å². The van der Waals surface area contributed by atoms with Gasteiger partial charge in [0.05, 0.1) is 11.7 Å². The van der Waals surface area contributed by atoms with Crippen molar-refractivity contribution in [2.45, 2.75) is 19.0 Å². The first-order chi connectivity index (χ1) is 13.2. The number of nitrogens with one attached hydrogen (secondary N) is 2. The molecular weight excluding hydrogens is 360 g/mol. The van der Waals surface area contributed by atoms with Crippen LogP contribution in [0, 0.1) is 6.92 Å². The number of benzene rings is 1. The Labute approximate surface area is 162 Å². The molecule has 136 valence electrons. The fraction of sp³-hybridized carbons (Fsp3) is 0.200. The number of pyridine rings is 1. The number of rotatable bonds is 3. The summed E-state index contributed by atoms with van der Waals surface area (Å²) in [5.74, 6) is 1.49. The summed E-state index contributed by atoms with van der Waals surface area (Å²) in [7, 11) is 0. The minimum Gasteiger partial charge on any atom is -0.454 e. The maximum absolute atomic E-state index is 5.71. The Morgan fingerprint density at radius 3 is 2.78 bits per heavy atom. The van der Waals surface area contributed by atoms with E-state index in [2.05, 4.69) is 32.3 Å². The highest BCUT2D eigenvalue weighted by atomic mass is 32.1. The van der Waals surface area contributed by atoms with Gasteiger partial charge < -0.3 is 24.7 Å². The second kappa shape index (κ2) is 6.28. The molecule has 3 aromatic rings. The van der Waals surface area contributed by atoms with Crippen LogP contribution in [0.15, 0.2) is 54.7 Å². The monoisotopic (exact) mass is 378 g/mol. The fourth-order valence-corrected chi connectivity index (χ4v) is 4.03. The summed E-state index contributed by atoms with van der Waals surface area (Å²) < 4.78 is 11.0. The van der Waals surface area contributed by atoms with E-state index < -0.39 is 0 Å². The van der Waals surface area contributed by atoms with Crippen molar-refractivity contribution >= 4 is 23.0 Å². The first-order valence-corrected chi connectivity index (χ1v) is 9.17. The van der Waals surface area contributed by atoms with Gasteiger partial charge in [-0.15, -0.1) is 0 Å². The molecule has 2 aromatic heterocycles. The molecule has 0 saturated carbocycles. The molecule has 5 rings (SSSR count). The first-order valence-electron chi connectivity index (χ1n) is 8.76. The SMILES string of the molecule is Cc1ccc([C@H]2[C@@H](c3ccccn3)NC(=S)N2c2ccc3c(c2)OCO3)[nH]1. The van der Waals surface area contributed by atoms with Crippen LogP contribution in [0.3, 0.4) is 0 Å². The largest absolute Gasteiger partial charge is 0.454 e. The predicted molar refractivity (Wildman–Crippen MR) is 106 cm³/mol. The molecule has 0 bridgehead atoms. The zero-order valence-electron chi connectivity index (χ0n) is 14.7. The Morgan fingerprint density at radius 2 is 2.00 bits per heavy atom. The number of aryl methyl sites for hydroxylation is 1. The zero-order valence-corrected chi connectivity index (χ0v) is 15.5. The van der Waals surface area contributed by atoms with Crippen LogP contribution in [-0.4, -0.2) is 21.9 Å². The summed E-state index contributed by atoms with van der Waals surface area (Å²) >= 11 is 5.71. The summed E-state index contributed by atoms with van der Waals surface area (Å²) in [5, 5.41) is 4.10. The van der Waals surface area contributed by atoms with E-state index in [9.17, 15) is 0 Å². The summed E-state index contributed by atoms with van der Waals surface area (Å²) in [6.45, 7) is 2.29. The van der Waals surface area contributed by atoms with Gasteiger partial charge in [0.2, 0.25) is 6.79 Å². The van der Waals surface area contributed by atoms with E-state index in [0.717, 1.165) is 34.3 Å². The molecule has 2 aliphatic heterocycles. The van der Waals surface area contributed by atoms with E-state index in [1.807, 2.05) is 43.3 Å². The van der Waals surface area contributed by atoms with Gasteiger partial charge in [-0.1, -0.05) is 6.07 Å². The lowest BCUT2D eigenvalue weighted by atomic mass is 10.0.